The lowest BCUT2D eigenvalue weighted by Crippen LogP contribution is -2.24. The van der Waals surface area contributed by atoms with E-state index in [4.69, 9.17) is 11.6 Å². The van der Waals surface area contributed by atoms with Crippen LogP contribution in [0.1, 0.15) is 27.2 Å². The van der Waals surface area contributed by atoms with Crippen LogP contribution in [0.3, 0.4) is 0 Å². The van der Waals surface area contributed by atoms with Crippen molar-refractivity contribution in [2.45, 2.75) is 33.2 Å². The summed E-state index contributed by atoms with van der Waals surface area (Å²) < 4.78 is 0. The van der Waals surface area contributed by atoms with Gasteiger partial charge in [0.1, 0.15) is 5.15 Å². The maximum Gasteiger partial charge on any atom is 0.131 e. The smallest absolute Gasteiger partial charge is 0.131 e. The van der Waals surface area contributed by atoms with Crippen molar-refractivity contribution in [2.75, 3.05) is 5.32 Å². The Bertz CT molecular complexity index is 286. The zero-order chi connectivity index (χ0) is 10.6. The largest absolute Gasteiger partial charge is 0.382 e. The minimum Gasteiger partial charge on any atom is -0.382 e. The van der Waals surface area contributed by atoms with Gasteiger partial charge in [0, 0.05) is 17.9 Å². The highest BCUT2D eigenvalue weighted by atomic mass is 35.5. The second-order valence-corrected chi connectivity index (χ2v) is 4.16. The average Bonchev–Trinajstić information content (AvgIpc) is 2.14. The van der Waals surface area contributed by atoms with Gasteiger partial charge in [0.15, 0.2) is 0 Å². The second-order valence-electron chi connectivity index (χ2n) is 3.77. The van der Waals surface area contributed by atoms with Gasteiger partial charge in [-0.3, -0.25) is 0 Å². The Kier molecular flexibility index (Phi) is 4.21. The fourth-order valence-corrected chi connectivity index (χ4v) is 1.62. The van der Waals surface area contributed by atoms with Crippen LogP contribution in [0.5, 0.6) is 0 Å². The van der Waals surface area contributed by atoms with Gasteiger partial charge >= 0.3 is 0 Å². The van der Waals surface area contributed by atoms with Crippen LogP contribution in [0.4, 0.5) is 5.69 Å². The molecule has 1 N–H and O–H groups in total. The summed E-state index contributed by atoms with van der Waals surface area (Å²) in [5, 5.41) is 3.98. The molecule has 1 heterocycles. The van der Waals surface area contributed by atoms with Crippen LogP contribution in [0, 0.1) is 5.92 Å². The second kappa shape index (κ2) is 5.20. The number of nitrogens with one attached hydrogen (secondary N) is 1. The van der Waals surface area contributed by atoms with Crippen molar-refractivity contribution in [2.24, 2.45) is 5.92 Å². The third-order valence-corrected chi connectivity index (χ3v) is 2.53. The first-order valence-corrected chi connectivity index (χ1v) is 5.39. The summed E-state index contributed by atoms with van der Waals surface area (Å²) in [6.07, 6.45) is 2.83. The molecule has 2 nitrogen and oxygen atoms in total. The summed E-state index contributed by atoms with van der Waals surface area (Å²) in [4.78, 5) is 3.94. The normalized spacial score (nSPS) is 12.9. The Balaban J connectivity index is 2.67. The third kappa shape index (κ3) is 3.18. The molecule has 1 aromatic rings. The van der Waals surface area contributed by atoms with Gasteiger partial charge < -0.3 is 5.32 Å². The van der Waals surface area contributed by atoms with Crippen molar-refractivity contribution >= 4 is 17.3 Å². The van der Waals surface area contributed by atoms with Gasteiger partial charge in [-0.05, 0) is 24.5 Å². The Morgan fingerprint density at radius 2 is 2.21 bits per heavy atom. The lowest BCUT2D eigenvalue weighted by atomic mass is 10.0. The summed E-state index contributed by atoms with van der Waals surface area (Å²) in [6, 6.07) is 4.29. The van der Waals surface area contributed by atoms with Crippen LogP contribution in [-0.2, 0) is 0 Å². The Labute approximate surface area is 90.7 Å². The molecule has 0 bridgehead atoms. The molecule has 0 aliphatic heterocycles. The number of nitrogens with zero attached hydrogens (tertiary/aromatic N) is 1. The summed E-state index contributed by atoms with van der Waals surface area (Å²) in [6.45, 7) is 6.61. The van der Waals surface area contributed by atoms with Crippen molar-refractivity contribution < 1.29 is 0 Å². The van der Waals surface area contributed by atoms with E-state index in [2.05, 4.69) is 31.1 Å². The first kappa shape index (κ1) is 11.3. The zero-order valence-electron chi connectivity index (χ0n) is 8.92. The van der Waals surface area contributed by atoms with Crippen molar-refractivity contribution in [3.05, 3.63) is 23.5 Å². The highest BCUT2D eigenvalue weighted by Gasteiger charge is 2.10. The monoisotopic (exact) mass is 212 g/mol. The Morgan fingerprint density at radius 1 is 1.50 bits per heavy atom. The summed E-state index contributed by atoms with van der Waals surface area (Å²) in [5.74, 6) is 0.618. The number of anilines is 1. The van der Waals surface area contributed by atoms with E-state index in [-0.39, 0.29) is 0 Å². The number of pyridine rings is 1. The molecular weight excluding hydrogens is 196 g/mol. The van der Waals surface area contributed by atoms with E-state index in [0.717, 1.165) is 12.1 Å². The minimum absolute atomic E-state index is 0.494. The fraction of sp³-hybridized carbons (Fsp3) is 0.545. The molecule has 0 unspecified atom stereocenters. The predicted octanol–water partition coefficient (Wildman–Crippen LogP) is 3.58. The van der Waals surface area contributed by atoms with Gasteiger partial charge in [0.2, 0.25) is 0 Å². The van der Waals surface area contributed by atoms with Crippen LogP contribution < -0.4 is 5.32 Å². The topological polar surface area (TPSA) is 24.9 Å². The molecule has 0 amide bonds. The first-order chi connectivity index (χ1) is 6.63. The fourth-order valence-electron chi connectivity index (χ4n) is 1.45. The quantitative estimate of drug-likeness (QED) is 0.772. The summed E-state index contributed by atoms with van der Waals surface area (Å²) in [7, 11) is 0. The van der Waals surface area contributed by atoms with Crippen molar-refractivity contribution in [1.82, 2.24) is 4.98 Å². The molecule has 0 saturated carbocycles. The summed E-state index contributed by atoms with van der Waals surface area (Å²) >= 11 is 5.80. The average molecular weight is 213 g/mol. The predicted molar refractivity (Wildman–Crippen MR) is 61.8 cm³/mol. The molecule has 1 aromatic heterocycles. The van der Waals surface area contributed by atoms with E-state index in [9.17, 15) is 0 Å². The van der Waals surface area contributed by atoms with Gasteiger partial charge in [-0.1, -0.05) is 32.4 Å². The van der Waals surface area contributed by atoms with Gasteiger partial charge in [-0.25, -0.2) is 4.98 Å². The van der Waals surface area contributed by atoms with Crippen molar-refractivity contribution in [3.63, 3.8) is 0 Å². The molecule has 14 heavy (non-hydrogen) atoms. The molecule has 0 fully saturated rings. The zero-order valence-corrected chi connectivity index (χ0v) is 9.67. The van der Waals surface area contributed by atoms with Crippen LogP contribution in [0.15, 0.2) is 18.3 Å². The van der Waals surface area contributed by atoms with E-state index in [1.54, 1.807) is 6.20 Å². The number of halogens is 1. The van der Waals surface area contributed by atoms with E-state index in [1.165, 1.54) is 0 Å². The molecule has 0 aromatic carbocycles. The Hall–Kier alpha value is -0.760. The highest BCUT2D eigenvalue weighted by molar-refractivity contribution is 6.29. The first-order valence-electron chi connectivity index (χ1n) is 5.01. The summed E-state index contributed by atoms with van der Waals surface area (Å²) in [5.41, 5.74) is 1.05. The van der Waals surface area contributed by atoms with Crippen LogP contribution in [0.2, 0.25) is 5.15 Å². The van der Waals surface area contributed by atoms with E-state index in [0.29, 0.717) is 17.1 Å². The SMILES string of the molecule is CC[C@@H](Nc1ccnc(Cl)c1)C(C)C. The maximum atomic E-state index is 5.80. The van der Waals surface area contributed by atoms with Crippen molar-refractivity contribution in [1.29, 1.82) is 0 Å². The highest BCUT2D eigenvalue weighted by Crippen LogP contribution is 2.17. The molecule has 1 atom stereocenters. The molecule has 0 aliphatic rings. The van der Waals surface area contributed by atoms with Gasteiger partial charge in [-0.15, -0.1) is 0 Å². The third-order valence-electron chi connectivity index (χ3n) is 2.32. The number of aromatic nitrogens is 1. The van der Waals surface area contributed by atoms with Gasteiger partial charge in [0.05, 0.1) is 0 Å². The minimum atomic E-state index is 0.494. The molecule has 0 spiro atoms. The molecule has 0 saturated heterocycles. The maximum absolute atomic E-state index is 5.80. The molecule has 0 radical (unpaired) electrons. The van der Waals surface area contributed by atoms with E-state index in [1.807, 2.05) is 12.1 Å². The van der Waals surface area contributed by atoms with Gasteiger partial charge in [-0.2, -0.15) is 0 Å². The number of rotatable bonds is 4. The number of hydrogen-bond donors (Lipinski definition) is 1. The lowest BCUT2D eigenvalue weighted by Gasteiger charge is -2.21. The Morgan fingerprint density at radius 3 is 2.71 bits per heavy atom. The van der Waals surface area contributed by atoms with Crippen LogP contribution in [-0.4, -0.2) is 11.0 Å². The lowest BCUT2D eigenvalue weighted by molar-refractivity contribution is 0.511. The van der Waals surface area contributed by atoms with Crippen LogP contribution >= 0.6 is 11.6 Å². The molecule has 1 rings (SSSR count). The van der Waals surface area contributed by atoms with Crippen LogP contribution in [0.25, 0.3) is 0 Å². The standard InChI is InChI=1S/C11H17ClN2/c1-4-10(8(2)3)14-9-5-6-13-11(12)7-9/h5-8,10H,4H2,1-3H3,(H,13,14)/t10-/m1/s1. The molecular formula is C11H17ClN2. The number of hydrogen-bond acceptors (Lipinski definition) is 2. The van der Waals surface area contributed by atoms with Gasteiger partial charge in [0.25, 0.3) is 0 Å². The molecule has 0 aliphatic carbocycles. The molecule has 78 valence electrons. The van der Waals surface area contributed by atoms with Crippen molar-refractivity contribution in [3.8, 4) is 0 Å². The van der Waals surface area contributed by atoms with E-state index < -0.39 is 0 Å². The molecule has 3 heteroatoms. The van der Waals surface area contributed by atoms with E-state index >= 15 is 0 Å².